The topological polar surface area (TPSA) is 26.8 Å². The maximum absolute atomic E-state index is 14.9. The third-order valence-corrected chi connectivity index (χ3v) is 4.75. The van der Waals surface area contributed by atoms with Gasteiger partial charge in [-0.1, -0.05) is 13.8 Å². The summed E-state index contributed by atoms with van der Waals surface area (Å²) in [5, 5.41) is 0. The van der Waals surface area contributed by atoms with E-state index < -0.39 is 5.67 Å². The predicted molar refractivity (Wildman–Crippen MR) is 89.8 cm³/mol. The zero-order valence-corrected chi connectivity index (χ0v) is 15.1. The highest BCUT2D eigenvalue weighted by atomic mass is 19.1. The number of amides is 1. The number of nitrogens with zero attached hydrogens (tertiary/aromatic N) is 3. The standard InChI is InChI=1S/C15H28FN3O.C2H6/c1-13(2)18-10-8-17(9-11-18)12-15(16)4-6-19(7-5-15)14(3)20;1-2/h13H,4-12H2,1-3H3;1-2H3. The van der Waals surface area contributed by atoms with Crippen LogP contribution in [0.3, 0.4) is 0 Å². The van der Waals surface area contributed by atoms with Crippen LogP contribution in [0, 0.1) is 0 Å². The van der Waals surface area contributed by atoms with E-state index in [4.69, 9.17) is 0 Å². The summed E-state index contributed by atoms with van der Waals surface area (Å²) >= 11 is 0. The van der Waals surface area contributed by atoms with Crippen LogP contribution in [0.4, 0.5) is 4.39 Å². The van der Waals surface area contributed by atoms with E-state index in [2.05, 4.69) is 23.6 Å². The summed E-state index contributed by atoms with van der Waals surface area (Å²) in [6.07, 6.45) is 0.966. The Balaban J connectivity index is 0.00000116. The second-order valence-corrected chi connectivity index (χ2v) is 6.56. The van der Waals surface area contributed by atoms with Crippen molar-refractivity contribution in [2.24, 2.45) is 0 Å². The van der Waals surface area contributed by atoms with Crippen molar-refractivity contribution >= 4 is 5.91 Å². The molecule has 4 nitrogen and oxygen atoms in total. The average molecular weight is 315 g/mol. The fraction of sp³-hybridized carbons (Fsp3) is 0.941. The Morgan fingerprint density at radius 1 is 1.05 bits per heavy atom. The number of carbonyl (C=O) groups is 1. The normalized spacial score (nSPS) is 23.1. The molecule has 0 bridgehead atoms. The molecule has 130 valence electrons. The summed E-state index contributed by atoms with van der Waals surface area (Å²) in [7, 11) is 0. The van der Waals surface area contributed by atoms with E-state index >= 15 is 0 Å². The summed E-state index contributed by atoms with van der Waals surface area (Å²) in [4.78, 5) is 17.7. The first kappa shape index (κ1) is 19.4. The van der Waals surface area contributed by atoms with Gasteiger partial charge in [-0.05, 0) is 13.8 Å². The van der Waals surface area contributed by atoms with Gasteiger partial charge in [0.2, 0.25) is 5.91 Å². The van der Waals surface area contributed by atoms with Crippen molar-refractivity contribution in [3.8, 4) is 0 Å². The zero-order chi connectivity index (χ0) is 16.8. The van der Waals surface area contributed by atoms with Gasteiger partial charge in [-0.15, -0.1) is 0 Å². The predicted octanol–water partition coefficient (Wildman–Crippen LogP) is 2.39. The molecule has 0 aliphatic carbocycles. The first-order chi connectivity index (χ1) is 10.4. The Labute approximate surface area is 135 Å². The fourth-order valence-corrected chi connectivity index (χ4v) is 3.22. The molecule has 0 spiro atoms. The molecule has 2 fully saturated rings. The van der Waals surface area contributed by atoms with Crippen molar-refractivity contribution in [3.05, 3.63) is 0 Å². The highest BCUT2D eigenvalue weighted by molar-refractivity contribution is 5.73. The number of hydrogen-bond donors (Lipinski definition) is 0. The number of rotatable bonds is 3. The van der Waals surface area contributed by atoms with Gasteiger partial charge in [0.15, 0.2) is 0 Å². The quantitative estimate of drug-likeness (QED) is 0.800. The summed E-state index contributed by atoms with van der Waals surface area (Å²) in [5.41, 5.74) is -1.11. The minimum Gasteiger partial charge on any atom is -0.343 e. The van der Waals surface area contributed by atoms with Crippen LogP contribution in [0.25, 0.3) is 0 Å². The van der Waals surface area contributed by atoms with Gasteiger partial charge in [0.05, 0.1) is 0 Å². The third-order valence-electron chi connectivity index (χ3n) is 4.75. The molecule has 0 saturated carbocycles. The number of piperazine rings is 1. The largest absolute Gasteiger partial charge is 0.343 e. The van der Waals surface area contributed by atoms with Gasteiger partial charge in [0.1, 0.15) is 5.67 Å². The van der Waals surface area contributed by atoms with E-state index in [9.17, 15) is 9.18 Å². The molecule has 1 amide bonds. The average Bonchev–Trinajstić information content (AvgIpc) is 2.50. The Kier molecular flexibility index (Phi) is 7.77. The second-order valence-electron chi connectivity index (χ2n) is 6.56. The lowest BCUT2D eigenvalue weighted by molar-refractivity contribution is -0.131. The highest BCUT2D eigenvalue weighted by Gasteiger charge is 2.37. The first-order valence-corrected chi connectivity index (χ1v) is 8.80. The van der Waals surface area contributed by atoms with Crippen molar-refractivity contribution < 1.29 is 9.18 Å². The first-order valence-electron chi connectivity index (χ1n) is 8.80. The lowest BCUT2D eigenvalue weighted by Gasteiger charge is -2.42. The molecule has 2 heterocycles. The Morgan fingerprint density at radius 2 is 1.55 bits per heavy atom. The number of piperidine rings is 1. The van der Waals surface area contributed by atoms with Crippen LogP contribution >= 0.6 is 0 Å². The molecule has 0 aromatic heterocycles. The van der Waals surface area contributed by atoms with Crippen LogP contribution in [0.2, 0.25) is 0 Å². The van der Waals surface area contributed by atoms with E-state index in [1.165, 1.54) is 0 Å². The maximum atomic E-state index is 14.9. The van der Waals surface area contributed by atoms with Gasteiger partial charge in [-0.2, -0.15) is 0 Å². The molecule has 2 aliphatic heterocycles. The SMILES string of the molecule is CC.CC(=O)N1CCC(F)(CN2CCN(C(C)C)CC2)CC1. The number of likely N-dealkylation sites (tertiary alicyclic amines) is 1. The van der Waals surface area contributed by atoms with Crippen LogP contribution in [-0.4, -0.2) is 78.1 Å². The van der Waals surface area contributed by atoms with Crippen molar-refractivity contribution in [3.63, 3.8) is 0 Å². The summed E-state index contributed by atoms with van der Waals surface area (Å²) in [6.45, 7) is 15.6. The van der Waals surface area contributed by atoms with Gasteiger partial charge < -0.3 is 4.90 Å². The van der Waals surface area contributed by atoms with Crippen LogP contribution in [0.5, 0.6) is 0 Å². The minimum atomic E-state index is -1.11. The van der Waals surface area contributed by atoms with Crippen LogP contribution in [0.1, 0.15) is 47.5 Å². The Morgan fingerprint density at radius 3 is 1.95 bits per heavy atom. The van der Waals surface area contributed by atoms with Gasteiger partial charge in [-0.25, -0.2) is 4.39 Å². The Bertz CT molecular complexity index is 333. The van der Waals surface area contributed by atoms with E-state index in [-0.39, 0.29) is 5.91 Å². The smallest absolute Gasteiger partial charge is 0.219 e. The molecule has 0 aromatic carbocycles. The third kappa shape index (κ3) is 5.51. The number of hydrogen-bond acceptors (Lipinski definition) is 3. The summed E-state index contributed by atoms with van der Waals surface area (Å²) in [5.74, 6) is 0.0672. The van der Waals surface area contributed by atoms with Crippen molar-refractivity contribution in [1.82, 2.24) is 14.7 Å². The van der Waals surface area contributed by atoms with Crippen molar-refractivity contribution in [1.29, 1.82) is 0 Å². The van der Waals surface area contributed by atoms with Crippen LogP contribution in [0.15, 0.2) is 0 Å². The fourth-order valence-electron chi connectivity index (χ4n) is 3.22. The van der Waals surface area contributed by atoms with Gasteiger partial charge in [0, 0.05) is 71.6 Å². The van der Waals surface area contributed by atoms with E-state index in [0.717, 1.165) is 26.2 Å². The number of carbonyl (C=O) groups excluding carboxylic acids is 1. The zero-order valence-electron chi connectivity index (χ0n) is 15.1. The molecule has 2 saturated heterocycles. The molecule has 0 radical (unpaired) electrons. The molecule has 0 atom stereocenters. The maximum Gasteiger partial charge on any atom is 0.219 e. The van der Waals surface area contributed by atoms with Crippen LogP contribution in [-0.2, 0) is 4.79 Å². The van der Waals surface area contributed by atoms with Crippen molar-refractivity contribution in [2.75, 3.05) is 45.8 Å². The van der Waals surface area contributed by atoms with Crippen LogP contribution < -0.4 is 0 Å². The molecule has 0 aromatic rings. The lowest BCUT2D eigenvalue weighted by atomic mass is 9.92. The highest BCUT2D eigenvalue weighted by Crippen LogP contribution is 2.28. The molecular weight excluding hydrogens is 281 g/mol. The molecule has 2 rings (SSSR count). The molecule has 0 unspecified atom stereocenters. The molecular formula is C17H34FN3O. The molecule has 22 heavy (non-hydrogen) atoms. The second kappa shape index (κ2) is 8.82. The molecule has 2 aliphatic rings. The van der Waals surface area contributed by atoms with Gasteiger partial charge in [0.25, 0.3) is 0 Å². The molecule has 5 heteroatoms. The number of halogens is 1. The van der Waals surface area contributed by atoms with E-state index in [1.54, 1.807) is 11.8 Å². The van der Waals surface area contributed by atoms with Crippen molar-refractivity contribution in [2.45, 2.75) is 59.2 Å². The Hall–Kier alpha value is -0.680. The van der Waals surface area contributed by atoms with E-state index in [1.807, 2.05) is 13.8 Å². The van der Waals surface area contributed by atoms with Gasteiger partial charge in [-0.3, -0.25) is 14.6 Å². The minimum absolute atomic E-state index is 0.0672. The van der Waals surface area contributed by atoms with Gasteiger partial charge >= 0.3 is 0 Å². The lowest BCUT2D eigenvalue weighted by Crippen LogP contribution is -2.54. The van der Waals surface area contributed by atoms with E-state index in [0.29, 0.717) is 38.5 Å². The monoisotopic (exact) mass is 315 g/mol. The number of alkyl halides is 1. The molecule has 0 N–H and O–H groups in total. The summed E-state index contributed by atoms with van der Waals surface area (Å²) < 4.78 is 14.9. The summed E-state index contributed by atoms with van der Waals surface area (Å²) in [6, 6.07) is 0.579.